The van der Waals surface area contributed by atoms with E-state index in [0.29, 0.717) is 5.41 Å². The van der Waals surface area contributed by atoms with Crippen molar-refractivity contribution in [3.8, 4) is 0 Å². The molecule has 0 aromatic heterocycles. The first-order chi connectivity index (χ1) is 2.63. The summed E-state index contributed by atoms with van der Waals surface area (Å²) in [6.07, 6.45) is 1.35. The van der Waals surface area contributed by atoms with Crippen molar-refractivity contribution in [2.24, 2.45) is 5.41 Å². The molecule has 1 aliphatic carbocycles. The summed E-state index contributed by atoms with van der Waals surface area (Å²) >= 11 is 0. The van der Waals surface area contributed by atoms with E-state index in [0.717, 1.165) is 0 Å². The molecule has 6 heavy (non-hydrogen) atoms. The zero-order chi connectivity index (χ0) is 4.78. The lowest BCUT2D eigenvalue weighted by molar-refractivity contribution is 0.664. The lowest BCUT2D eigenvalue weighted by Gasteiger charge is -2.06. The highest BCUT2D eigenvalue weighted by molar-refractivity contribution is 5.17. The van der Waals surface area contributed by atoms with Gasteiger partial charge in [-0.2, -0.15) is 18.8 Å². The van der Waals surface area contributed by atoms with E-state index in [1.54, 1.807) is 5.92 Å². The van der Waals surface area contributed by atoms with Crippen molar-refractivity contribution in [2.45, 2.75) is 27.2 Å². The minimum Gasteiger partial charge on any atom is -0.315 e. The molecule has 0 nitrogen and oxygen atoms in total. The fraction of sp³-hybridized carbons (Fsp3) is 0.833. The van der Waals surface area contributed by atoms with Crippen LogP contribution >= 0.6 is 0 Å². The highest BCUT2D eigenvalue weighted by atomic mass is 14.5. The summed E-state index contributed by atoms with van der Waals surface area (Å²) in [5, 5.41) is 0. The van der Waals surface area contributed by atoms with Gasteiger partial charge in [0.25, 0.3) is 0 Å². The standard InChI is InChI=1S/C6H11/c1-5-4-6(5,2)3/h4H2,1-3H3/q-1. The molecular weight excluding hydrogens is 72.1 g/mol. The summed E-state index contributed by atoms with van der Waals surface area (Å²) in [5.74, 6) is 1.66. The lowest BCUT2D eigenvalue weighted by atomic mass is 10.1. The Morgan fingerprint density at radius 1 is 1.50 bits per heavy atom. The minimum atomic E-state index is 0.625. The summed E-state index contributed by atoms with van der Waals surface area (Å²) < 4.78 is 0. The molecule has 0 saturated heterocycles. The maximum atomic E-state index is 2.28. The molecule has 0 aliphatic heterocycles. The summed E-state index contributed by atoms with van der Waals surface area (Å²) in [4.78, 5) is 0. The Hall–Kier alpha value is 0. The molecule has 0 spiro atoms. The average molecular weight is 83.2 g/mol. The van der Waals surface area contributed by atoms with Gasteiger partial charge < -0.3 is 5.92 Å². The topological polar surface area (TPSA) is 0 Å². The van der Waals surface area contributed by atoms with Crippen LogP contribution in [-0.4, -0.2) is 0 Å². The summed E-state index contributed by atoms with van der Waals surface area (Å²) in [6, 6.07) is 0. The predicted octanol–water partition coefficient (Wildman–Crippen LogP) is 2.01. The Bertz CT molecular complexity index is 62.4. The molecule has 0 atom stereocenters. The summed E-state index contributed by atoms with van der Waals surface area (Å²) in [6.45, 7) is 6.78. The van der Waals surface area contributed by atoms with Gasteiger partial charge in [0.05, 0.1) is 0 Å². The Kier molecular flexibility index (Phi) is 0.556. The largest absolute Gasteiger partial charge is 0.315 e. The van der Waals surface area contributed by atoms with E-state index in [2.05, 4.69) is 20.8 Å². The number of hydrogen-bond acceptors (Lipinski definition) is 0. The highest BCUT2D eigenvalue weighted by Gasteiger charge is 2.24. The third-order valence-corrected chi connectivity index (χ3v) is 1.74. The molecule has 1 saturated carbocycles. The van der Waals surface area contributed by atoms with Crippen LogP contribution in [-0.2, 0) is 0 Å². The van der Waals surface area contributed by atoms with Crippen molar-refractivity contribution < 1.29 is 0 Å². The van der Waals surface area contributed by atoms with E-state index in [9.17, 15) is 0 Å². The van der Waals surface area contributed by atoms with Crippen LogP contribution in [0.25, 0.3) is 0 Å². The molecule has 0 heterocycles. The van der Waals surface area contributed by atoms with E-state index < -0.39 is 0 Å². The van der Waals surface area contributed by atoms with E-state index in [4.69, 9.17) is 0 Å². The first-order valence-electron chi connectivity index (χ1n) is 2.46. The van der Waals surface area contributed by atoms with Crippen LogP contribution in [0.2, 0.25) is 0 Å². The normalized spacial score (nSPS) is 30.5. The molecule has 0 N–H and O–H groups in total. The molecular formula is C6H11-. The minimum absolute atomic E-state index is 0.625. The van der Waals surface area contributed by atoms with Gasteiger partial charge in [-0.05, 0) is 0 Å². The van der Waals surface area contributed by atoms with Gasteiger partial charge in [0.1, 0.15) is 0 Å². The quantitative estimate of drug-likeness (QED) is 0.393. The first kappa shape index (κ1) is 4.17. The van der Waals surface area contributed by atoms with E-state index in [1.807, 2.05) is 0 Å². The van der Waals surface area contributed by atoms with Crippen molar-refractivity contribution in [1.29, 1.82) is 0 Å². The Labute approximate surface area is 39.6 Å². The molecule has 0 bridgehead atoms. The van der Waals surface area contributed by atoms with Crippen LogP contribution in [0.4, 0.5) is 0 Å². The van der Waals surface area contributed by atoms with Crippen molar-refractivity contribution in [3.05, 3.63) is 5.92 Å². The Morgan fingerprint density at radius 2 is 1.67 bits per heavy atom. The Morgan fingerprint density at radius 3 is 1.67 bits per heavy atom. The SMILES string of the molecule is C[C-]1CC1(C)C. The van der Waals surface area contributed by atoms with Crippen LogP contribution in [0.3, 0.4) is 0 Å². The summed E-state index contributed by atoms with van der Waals surface area (Å²) in [5.41, 5.74) is 0.625. The van der Waals surface area contributed by atoms with Crippen LogP contribution in [0.1, 0.15) is 27.2 Å². The predicted molar refractivity (Wildman–Crippen MR) is 27.3 cm³/mol. The Balaban J connectivity index is 2.41. The highest BCUT2D eigenvalue weighted by Crippen LogP contribution is 2.52. The van der Waals surface area contributed by atoms with Gasteiger partial charge >= 0.3 is 0 Å². The monoisotopic (exact) mass is 83.1 g/mol. The van der Waals surface area contributed by atoms with Crippen LogP contribution in [0, 0.1) is 11.3 Å². The van der Waals surface area contributed by atoms with Crippen molar-refractivity contribution in [1.82, 2.24) is 0 Å². The van der Waals surface area contributed by atoms with E-state index >= 15 is 0 Å². The zero-order valence-electron chi connectivity index (χ0n) is 4.71. The molecule has 1 rings (SSSR count). The second-order valence-electron chi connectivity index (χ2n) is 2.84. The van der Waals surface area contributed by atoms with E-state index in [1.165, 1.54) is 6.42 Å². The van der Waals surface area contributed by atoms with Gasteiger partial charge in [-0.1, -0.05) is 13.8 Å². The molecule has 1 aliphatic rings. The van der Waals surface area contributed by atoms with Gasteiger partial charge in [-0.3, -0.25) is 0 Å². The molecule has 0 heteroatoms. The van der Waals surface area contributed by atoms with Crippen LogP contribution in [0.5, 0.6) is 0 Å². The second-order valence-corrected chi connectivity index (χ2v) is 2.84. The van der Waals surface area contributed by atoms with Gasteiger partial charge in [-0.15, -0.1) is 0 Å². The lowest BCUT2D eigenvalue weighted by Crippen LogP contribution is -1.81. The van der Waals surface area contributed by atoms with Crippen molar-refractivity contribution >= 4 is 0 Å². The molecule has 0 radical (unpaired) electrons. The van der Waals surface area contributed by atoms with Crippen LogP contribution in [0.15, 0.2) is 0 Å². The maximum Gasteiger partial charge on any atom is -0.0894 e. The van der Waals surface area contributed by atoms with Crippen molar-refractivity contribution in [3.63, 3.8) is 0 Å². The van der Waals surface area contributed by atoms with Crippen molar-refractivity contribution in [2.75, 3.05) is 0 Å². The molecule has 0 amide bonds. The smallest absolute Gasteiger partial charge is 0.0894 e. The van der Waals surface area contributed by atoms with Gasteiger partial charge in [0, 0.05) is 0 Å². The fourth-order valence-electron chi connectivity index (χ4n) is 0.619. The molecule has 1 fully saturated rings. The average Bonchev–Trinajstić information content (AvgIpc) is 1.73. The third-order valence-electron chi connectivity index (χ3n) is 1.74. The maximum absolute atomic E-state index is 2.28. The van der Waals surface area contributed by atoms with Gasteiger partial charge in [-0.25, -0.2) is 0 Å². The molecule has 0 unspecified atom stereocenters. The number of hydrogen-bond donors (Lipinski definition) is 0. The van der Waals surface area contributed by atoms with Gasteiger partial charge in [0.2, 0.25) is 0 Å². The zero-order valence-corrected chi connectivity index (χ0v) is 4.71. The number of rotatable bonds is 0. The van der Waals surface area contributed by atoms with E-state index in [-0.39, 0.29) is 0 Å². The van der Waals surface area contributed by atoms with Gasteiger partial charge in [0.15, 0.2) is 0 Å². The molecule has 0 aromatic rings. The fourth-order valence-corrected chi connectivity index (χ4v) is 0.619. The first-order valence-corrected chi connectivity index (χ1v) is 2.46. The second kappa shape index (κ2) is 0.800. The molecule has 0 aromatic carbocycles. The van der Waals surface area contributed by atoms with Crippen LogP contribution < -0.4 is 0 Å². The molecule has 36 valence electrons. The summed E-state index contributed by atoms with van der Waals surface area (Å²) in [7, 11) is 0. The third kappa shape index (κ3) is 0.444.